The molecule has 4 rings (SSSR count). The summed E-state index contributed by atoms with van der Waals surface area (Å²) in [6.45, 7) is 2.23. The first-order chi connectivity index (χ1) is 15.4. The summed E-state index contributed by atoms with van der Waals surface area (Å²) >= 11 is 12.4. The van der Waals surface area contributed by atoms with Crippen LogP contribution in [0.25, 0.3) is 6.08 Å². The van der Waals surface area contributed by atoms with Crippen LogP contribution in [0, 0.1) is 6.92 Å². The average molecular weight is 468 g/mol. The number of carbonyl (C=O) groups excluding carboxylic acids is 1. The van der Waals surface area contributed by atoms with Crippen molar-refractivity contribution in [3.05, 3.63) is 98.7 Å². The van der Waals surface area contributed by atoms with Crippen molar-refractivity contribution in [1.82, 2.24) is 0 Å². The Bertz CT molecular complexity index is 1230. The SMILES string of the molecule is COc1cc(/C=C2\N=C(c3ccccc3C)OC2=O)cc(Cl)c1OCc1ccc(Cl)cc1. The van der Waals surface area contributed by atoms with Crippen LogP contribution in [0.3, 0.4) is 0 Å². The minimum absolute atomic E-state index is 0.177. The number of cyclic esters (lactones) is 1. The van der Waals surface area contributed by atoms with Crippen molar-refractivity contribution < 1.29 is 19.0 Å². The minimum atomic E-state index is -0.526. The van der Waals surface area contributed by atoms with Crippen molar-refractivity contribution in [1.29, 1.82) is 0 Å². The second-order valence-corrected chi connectivity index (χ2v) is 7.94. The molecular weight excluding hydrogens is 449 g/mol. The van der Waals surface area contributed by atoms with Gasteiger partial charge in [0, 0.05) is 10.6 Å². The molecule has 1 aliphatic heterocycles. The molecule has 0 atom stereocenters. The normalized spacial score (nSPS) is 14.3. The van der Waals surface area contributed by atoms with Gasteiger partial charge >= 0.3 is 5.97 Å². The third-order valence-electron chi connectivity index (χ3n) is 4.85. The number of aliphatic imine (C=N–C) groups is 1. The summed E-state index contributed by atoms with van der Waals surface area (Å²) in [5.74, 6) is 0.596. The second-order valence-electron chi connectivity index (χ2n) is 7.10. The van der Waals surface area contributed by atoms with E-state index in [1.165, 1.54) is 7.11 Å². The summed E-state index contributed by atoms with van der Waals surface area (Å²) in [5, 5.41) is 1.00. The van der Waals surface area contributed by atoms with Crippen molar-refractivity contribution in [2.45, 2.75) is 13.5 Å². The second kappa shape index (κ2) is 9.47. The van der Waals surface area contributed by atoms with Crippen LogP contribution >= 0.6 is 23.2 Å². The van der Waals surface area contributed by atoms with Crippen LogP contribution in [0.5, 0.6) is 11.5 Å². The molecule has 5 nitrogen and oxygen atoms in total. The van der Waals surface area contributed by atoms with E-state index in [1.54, 1.807) is 30.3 Å². The number of carbonyl (C=O) groups is 1. The highest BCUT2D eigenvalue weighted by Crippen LogP contribution is 2.38. The molecule has 0 fully saturated rings. The average Bonchev–Trinajstić information content (AvgIpc) is 3.14. The molecular formula is C25H19Cl2NO4. The highest BCUT2D eigenvalue weighted by Gasteiger charge is 2.25. The van der Waals surface area contributed by atoms with Crippen LogP contribution in [0.15, 0.2) is 71.4 Å². The lowest BCUT2D eigenvalue weighted by atomic mass is 10.1. The van der Waals surface area contributed by atoms with E-state index < -0.39 is 5.97 Å². The van der Waals surface area contributed by atoms with Crippen molar-refractivity contribution in [3.63, 3.8) is 0 Å². The fourth-order valence-electron chi connectivity index (χ4n) is 3.19. The maximum atomic E-state index is 12.4. The van der Waals surface area contributed by atoms with E-state index in [4.69, 9.17) is 37.4 Å². The van der Waals surface area contributed by atoms with Crippen LogP contribution in [0.1, 0.15) is 22.3 Å². The Kier molecular flexibility index (Phi) is 6.49. The molecule has 3 aromatic carbocycles. The van der Waals surface area contributed by atoms with Gasteiger partial charge in [0.25, 0.3) is 0 Å². The maximum absolute atomic E-state index is 12.4. The molecule has 32 heavy (non-hydrogen) atoms. The third-order valence-corrected chi connectivity index (χ3v) is 5.38. The van der Waals surface area contributed by atoms with E-state index in [1.807, 2.05) is 43.3 Å². The van der Waals surface area contributed by atoms with E-state index >= 15 is 0 Å². The van der Waals surface area contributed by atoms with Gasteiger partial charge in [0.1, 0.15) is 6.61 Å². The molecule has 7 heteroatoms. The topological polar surface area (TPSA) is 57.1 Å². The van der Waals surface area contributed by atoms with E-state index in [9.17, 15) is 4.79 Å². The Labute approximate surface area is 195 Å². The summed E-state index contributed by atoms with van der Waals surface area (Å²) in [4.78, 5) is 16.7. The zero-order valence-electron chi connectivity index (χ0n) is 17.4. The number of nitrogens with zero attached hydrogens (tertiary/aromatic N) is 1. The fourth-order valence-corrected chi connectivity index (χ4v) is 3.59. The number of rotatable bonds is 6. The molecule has 162 valence electrons. The molecule has 0 bridgehead atoms. The standard InChI is InChI=1S/C25H19Cl2NO4/c1-15-5-3-4-6-19(15)24-28-21(25(29)32-24)12-17-11-20(27)23(22(13-17)30-2)31-14-16-7-9-18(26)10-8-16/h3-13H,14H2,1-2H3/b21-12-. The lowest BCUT2D eigenvalue weighted by Crippen LogP contribution is -2.06. The van der Waals surface area contributed by atoms with Gasteiger partial charge in [0.05, 0.1) is 12.1 Å². The molecule has 0 N–H and O–H groups in total. The number of ether oxygens (including phenoxy) is 3. The van der Waals surface area contributed by atoms with Gasteiger partial charge in [-0.15, -0.1) is 0 Å². The Morgan fingerprint density at radius 1 is 1.06 bits per heavy atom. The monoisotopic (exact) mass is 467 g/mol. The van der Waals surface area contributed by atoms with Crippen molar-refractivity contribution in [2.24, 2.45) is 4.99 Å². The summed E-state index contributed by atoms with van der Waals surface area (Å²) in [6.07, 6.45) is 1.60. The van der Waals surface area contributed by atoms with Crippen molar-refractivity contribution >= 4 is 41.1 Å². The molecule has 0 radical (unpaired) electrons. The number of halogens is 2. The molecule has 1 aliphatic rings. The van der Waals surface area contributed by atoms with Gasteiger partial charge in [0.15, 0.2) is 17.2 Å². The Morgan fingerprint density at radius 2 is 1.81 bits per heavy atom. The summed E-state index contributed by atoms with van der Waals surface area (Å²) in [7, 11) is 1.52. The highest BCUT2D eigenvalue weighted by atomic mass is 35.5. The van der Waals surface area contributed by atoms with Crippen LogP contribution in [-0.2, 0) is 16.1 Å². The molecule has 0 aromatic heterocycles. The number of benzene rings is 3. The first kappa shape index (κ1) is 21.9. The van der Waals surface area contributed by atoms with Gasteiger partial charge in [0.2, 0.25) is 5.90 Å². The zero-order chi connectivity index (χ0) is 22.7. The molecule has 0 aliphatic carbocycles. The smallest absolute Gasteiger partial charge is 0.363 e. The fraction of sp³-hybridized carbons (Fsp3) is 0.120. The number of esters is 1. The number of hydrogen-bond donors (Lipinski definition) is 0. The van der Waals surface area contributed by atoms with Crippen LogP contribution in [-0.4, -0.2) is 19.0 Å². The predicted octanol–water partition coefficient (Wildman–Crippen LogP) is 6.23. The van der Waals surface area contributed by atoms with E-state index in [0.29, 0.717) is 33.7 Å². The molecule has 3 aromatic rings. The minimum Gasteiger partial charge on any atom is -0.493 e. The van der Waals surface area contributed by atoms with Gasteiger partial charge in [-0.1, -0.05) is 53.5 Å². The molecule has 0 saturated heterocycles. The van der Waals surface area contributed by atoms with Gasteiger partial charge in [-0.05, 0) is 60.0 Å². The van der Waals surface area contributed by atoms with Gasteiger partial charge in [-0.25, -0.2) is 9.79 Å². The summed E-state index contributed by atoms with van der Waals surface area (Å²) in [5.41, 5.74) is 3.48. The third kappa shape index (κ3) is 4.79. The summed E-state index contributed by atoms with van der Waals surface area (Å²) in [6, 6.07) is 18.3. The van der Waals surface area contributed by atoms with Crippen LogP contribution in [0.2, 0.25) is 10.0 Å². The van der Waals surface area contributed by atoms with E-state index in [2.05, 4.69) is 4.99 Å². The maximum Gasteiger partial charge on any atom is 0.363 e. The van der Waals surface area contributed by atoms with Crippen molar-refractivity contribution in [2.75, 3.05) is 7.11 Å². The highest BCUT2D eigenvalue weighted by molar-refractivity contribution is 6.32. The largest absolute Gasteiger partial charge is 0.493 e. The number of aryl methyl sites for hydroxylation is 1. The van der Waals surface area contributed by atoms with Gasteiger partial charge in [-0.2, -0.15) is 0 Å². The molecule has 1 heterocycles. The quantitative estimate of drug-likeness (QED) is 0.318. The van der Waals surface area contributed by atoms with Gasteiger partial charge in [-0.3, -0.25) is 0 Å². The van der Waals surface area contributed by atoms with Gasteiger partial charge < -0.3 is 14.2 Å². The zero-order valence-corrected chi connectivity index (χ0v) is 18.9. The molecule has 0 amide bonds. The summed E-state index contributed by atoms with van der Waals surface area (Å²) < 4.78 is 16.7. The van der Waals surface area contributed by atoms with Crippen LogP contribution in [0.4, 0.5) is 0 Å². The molecule has 0 unspecified atom stereocenters. The molecule has 0 saturated carbocycles. The molecule has 0 spiro atoms. The number of methoxy groups -OCH3 is 1. The first-order valence-corrected chi connectivity index (χ1v) is 10.5. The Hall–Kier alpha value is -3.28. The lowest BCUT2D eigenvalue weighted by Gasteiger charge is -2.13. The van der Waals surface area contributed by atoms with Crippen LogP contribution < -0.4 is 9.47 Å². The number of hydrogen-bond acceptors (Lipinski definition) is 5. The lowest BCUT2D eigenvalue weighted by molar-refractivity contribution is -0.129. The first-order valence-electron chi connectivity index (χ1n) is 9.78. The Morgan fingerprint density at radius 3 is 2.53 bits per heavy atom. The van der Waals surface area contributed by atoms with E-state index in [0.717, 1.165) is 16.7 Å². The van der Waals surface area contributed by atoms with E-state index in [-0.39, 0.29) is 11.6 Å². The Balaban J connectivity index is 1.59. The van der Waals surface area contributed by atoms with Crippen molar-refractivity contribution in [3.8, 4) is 11.5 Å². The predicted molar refractivity (Wildman–Crippen MR) is 126 cm³/mol.